The Hall–Kier alpha value is -10.5. The van der Waals surface area contributed by atoms with Crippen molar-refractivity contribution in [2.45, 2.75) is 50.8 Å². The second-order valence-corrected chi connectivity index (χ2v) is 21.7. The lowest BCUT2D eigenvalue weighted by atomic mass is 9.92. The fraction of sp³-hybridized carbons (Fsp3) is 0.219. The number of amides is 2. The number of hydrogen-bond donors (Lipinski definition) is 0. The molecule has 20 nitrogen and oxygen atoms in total. The quantitative estimate of drug-likeness (QED) is 0.114. The van der Waals surface area contributed by atoms with Crippen LogP contribution < -0.4 is 30.3 Å². The van der Waals surface area contributed by atoms with Crippen LogP contribution in [0.1, 0.15) is 69.2 Å². The first-order valence-electron chi connectivity index (χ1n) is 27.9. The molecule has 4 aromatic heterocycles. The second-order valence-electron chi connectivity index (χ2n) is 21.7. The van der Waals surface area contributed by atoms with Crippen LogP contribution in [-0.4, -0.2) is 107 Å². The van der Waals surface area contributed by atoms with Crippen molar-refractivity contribution in [2.75, 3.05) is 49.5 Å². The maximum absolute atomic E-state index is 15.8. The molecule has 0 bridgehead atoms. The van der Waals surface area contributed by atoms with Gasteiger partial charge in [0.05, 0.1) is 51.0 Å². The SMILES string of the molecule is CC1=CC(Oc2c3n(ccc2=O)N(C2c4ccccc4-c4occc4-c4c2ccc(F)c4F)C2COCCN2C3=O)OC1=O.CC1=CC(Oc2c3n(ccc2=O)N([C@@H]2c4ccccc4-c4occc4-c4c2ccc(F)c4F)[C@@H]2COCCN2C3=O)OC1=O. The number of hydrogen-bond acceptors (Lipinski definition) is 16. The van der Waals surface area contributed by atoms with E-state index in [1.807, 2.05) is 58.5 Å². The predicted octanol–water partition coefficient (Wildman–Crippen LogP) is 8.23. The van der Waals surface area contributed by atoms with Gasteiger partial charge in [0.1, 0.15) is 23.9 Å². The molecule has 2 saturated heterocycles. The lowest BCUT2D eigenvalue weighted by Gasteiger charge is -2.51. The highest BCUT2D eigenvalue weighted by Crippen LogP contribution is 2.52. The third-order valence-electron chi connectivity index (χ3n) is 16.9. The van der Waals surface area contributed by atoms with E-state index in [-0.39, 0.29) is 73.5 Å². The molecule has 4 unspecified atom stereocenters. The standard InChI is InChI=1S/2C32H23F2N3O7/c2*1-16-14-24(44-32(16)40)43-30-22(38)8-10-36-28(30)31(39)35-11-13-41-15-23(35)37(36)27-17-4-2-3-5-18(17)29-20(9-12-42-29)25-19(27)6-7-21(33)26(25)34/h2*2-10,12,14,23-24,27H,11,13,15H2,1H3/t23-,24?,27-;/m1./s1. The van der Waals surface area contributed by atoms with Gasteiger partial charge in [0.25, 0.3) is 24.4 Å². The van der Waals surface area contributed by atoms with Crippen molar-refractivity contribution in [1.29, 1.82) is 0 Å². The van der Waals surface area contributed by atoms with Crippen LogP contribution >= 0.6 is 0 Å². The number of nitrogens with zero attached hydrogens (tertiary/aromatic N) is 6. The van der Waals surface area contributed by atoms with Crippen molar-refractivity contribution in [1.82, 2.24) is 19.2 Å². The average molecular weight is 1200 g/mol. The number of carbonyl (C=O) groups is 4. The van der Waals surface area contributed by atoms with Crippen molar-refractivity contribution in [3.8, 4) is 56.4 Å². The first-order valence-corrected chi connectivity index (χ1v) is 27.9. The Balaban J connectivity index is 0.000000148. The van der Waals surface area contributed by atoms with E-state index < -0.39 is 94.9 Å². The Bertz CT molecular complexity index is 4250. The van der Waals surface area contributed by atoms with Crippen LogP contribution in [0.2, 0.25) is 0 Å². The van der Waals surface area contributed by atoms with Gasteiger partial charge in [-0.3, -0.25) is 38.5 Å². The van der Waals surface area contributed by atoms with E-state index in [9.17, 15) is 37.5 Å². The number of rotatable bonds is 6. The molecule has 0 spiro atoms. The number of aromatic nitrogens is 2. The first kappa shape index (κ1) is 54.2. The van der Waals surface area contributed by atoms with Gasteiger partial charge in [-0.25, -0.2) is 27.2 Å². The highest BCUT2D eigenvalue weighted by Gasteiger charge is 2.50. The first-order chi connectivity index (χ1) is 42.7. The number of morpholine rings is 2. The highest BCUT2D eigenvalue weighted by atomic mass is 19.2. The third kappa shape index (κ3) is 8.25. The molecule has 8 aliphatic rings. The molecule has 0 radical (unpaired) electrons. The topological polar surface area (TPSA) is 207 Å². The van der Waals surface area contributed by atoms with E-state index in [1.54, 1.807) is 35.8 Å². The summed E-state index contributed by atoms with van der Waals surface area (Å²) in [5.74, 6) is -6.19. The number of ether oxygens (including phenoxy) is 6. The van der Waals surface area contributed by atoms with Gasteiger partial charge in [0.2, 0.25) is 22.4 Å². The monoisotopic (exact) mass is 1200 g/mol. The van der Waals surface area contributed by atoms with Gasteiger partial charge < -0.3 is 47.1 Å². The number of furan rings is 2. The van der Waals surface area contributed by atoms with Crippen LogP contribution in [0.5, 0.6) is 11.5 Å². The number of benzene rings is 4. The summed E-state index contributed by atoms with van der Waals surface area (Å²) in [5, 5.41) is 3.62. The number of carbonyl (C=O) groups excluding carboxylic acids is 4. The van der Waals surface area contributed by atoms with Gasteiger partial charge >= 0.3 is 11.9 Å². The van der Waals surface area contributed by atoms with Gasteiger partial charge in [-0.2, -0.15) is 0 Å². The molecule has 10 heterocycles. The van der Waals surface area contributed by atoms with Crippen LogP contribution in [0.4, 0.5) is 17.6 Å². The summed E-state index contributed by atoms with van der Waals surface area (Å²) in [7, 11) is 0. The zero-order valence-corrected chi connectivity index (χ0v) is 46.3. The van der Waals surface area contributed by atoms with Crippen molar-refractivity contribution >= 4 is 23.8 Å². The molecule has 2 amide bonds. The molecule has 2 fully saturated rings. The zero-order valence-electron chi connectivity index (χ0n) is 46.3. The van der Waals surface area contributed by atoms with Crippen LogP contribution in [0.25, 0.3) is 44.9 Å². The summed E-state index contributed by atoms with van der Waals surface area (Å²) in [6.45, 7) is 4.18. The van der Waals surface area contributed by atoms with Crippen molar-refractivity contribution < 1.29 is 74.0 Å². The minimum atomic E-state index is -1.21. The lowest BCUT2D eigenvalue weighted by molar-refractivity contribution is -0.149. The highest BCUT2D eigenvalue weighted by molar-refractivity contribution is 5.99. The Morgan fingerprint density at radius 1 is 0.489 bits per heavy atom. The normalized spacial score (nSPS) is 21.8. The second kappa shape index (κ2) is 20.6. The van der Waals surface area contributed by atoms with E-state index in [1.165, 1.54) is 70.7 Å². The number of fused-ring (bicyclic) bond motifs is 14. The summed E-state index contributed by atoms with van der Waals surface area (Å²) >= 11 is 0. The smallest absolute Gasteiger partial charge is 0.336 e. The fourth-order valence-corrected chi connectivity index (χ4v) is 13.0. The van der Waals surface area contributed by atoms with Gasteiger partial charge in [0.15, 0.2) is 34.7 Å². The molecule has 4 aromatic carbocycles. The van der Waals surface area contributed by atoms with Gasteiger partial charge in [0, 0.05) is 94.3 Å². The minimum Gasteiger partial charge on any atom is -0.464 e. The summed E-state index contributed by atoms with van der Waals surface area (Å²) < 4.78 is 110. The van der Waals surface area contributed by atoms with E-state index in [0.29, 0.717) is 67.2 Å². The molecule has 24 heteroatoms. The molecule has 0 N–H and O–H groups in total. The maximum Gasteiger partial charge on any atom is 0.336 e. The summed E-state index contributed by atoms with van der Waals surface area (Å²) in [6, 6.07) is 23.9. The fourth-order valence-electron chi connectivity index (χ4n) is 13.0. The molecular formula is C64H46F4N6O14. The van der Waals surface area contributed by atoms with Crippen molar-refractivity contribution in [3.63, 3.8) is 0 Å². The average Bonchev–Trinajstić information content (AvgIpc) is 1.34. The van der Waals surface area contributed by atoms with E-state index in [4.69, 9.17) is 37.3 Å². The van der Waals surface area contributed by atoms with E-state index in [2.05, 4.69) is 0 Å². The van der Waals surface area contributed by atoms with Crippen molar-refractivity contribution in [2.24, 2.45) is 0 Å². The molecule has 6 aliphatic heterocycles. The van der Waals surface area contributed by atoms with Crippen LogP contribution in [0, 0.1) is 23.3 Å². The van der Waals surface area contributed by atoms with Gasteiger partial charge in [-0.05, 0) is 60.4 Å². The molecule has 6 atom stereocenters. The van der Waals surface area contributed by atoms with E-state index in [0.717, 1.165) is 12.1 Å². The summed E-state index contributed by atoms with van der Waals surface area (Å²) in [4.78, 5) is 81.9. The molecule has 88 heavy (non-hydrogen) atoms. The van der Waals surface area contributed by atoms with Gasteiger partial charge in [-0.1, -0.05) is 60.7 Å². The number of pyridine rings is 2. The lowest BCUT2D eigenvalue weighted by Crippen LogP contribution is -2.66. The van der Waals surface area contributed by atoms with Crippen LogP contribution in [0.3, 0.4) is 0 Å². The molecule has 2 aliphatic carbocycles. The number of esters is 2. The molecule has 0 saturated carbocycles. The molecule has 444 valence electrons. The molecular weight excluding hydrogens is 1150 g/mol. The summed E-state index contributed by atoms with van der Waals surface area (Å²) in [5.41, 5.74) is 3.48. The summed E-state index contributed by atoms with van der Waals surface area (Å²) in [6.07, 6.45) is 4.75. The number of halogens is 4. The van der Waals surface area contributed by atoms with E-state index >= 15 is 8.78 Å². The third-order valence-corrected chi connectivity index (χ3v) is 16.9. The Morgan fingerprint density at radius 2 is 0.909 bits per heavy atom. The van der Waals surface area contributed by atoms with Crippen LogP contribution in [-0.2, 0) is 28.5 Å². The van der Waals surface area contributed by atoms with Crippen LogP contribution in [0.15, 0.2) is 164 Å². The molecule has 16 rings (SSSR count). The maximum atomic E-state index is 15.8. The number of cyclic esters (lactones) is 2. The van der Waals surface area contributed by atoms with Crippen molar-refractivity contribution in [3.05, 3.63) is 223 Å². The predicted molar refractivity (Wildman–Crippen MR) is 300 cm³/mol. The minimum absolute atomic E-state index is 0.0210. The Kier molecular flexibility index (Phi) is 12.7. The largest absolute Gasteiger partial charge is 0.464 e. The zero-order chi connectivity index (χ0) is 60.5. The Labute approximate surface area is 494 Å². The Morgan fingerprint density at radius 3 is 1.32 bits per heavy atom. The van der Waals surface area contributed by atoms with Gasteiger partial charge in [-0.15, -0.1) is 0 Å². The molecule has 8 aromatic rings.